The van der Waals surface area contributed by atoms with E-state index in [1.54, 1.807) is 4.90 Å². The van der Waals surface area contributed by atoms with Crippen LogP contribution in [0.5, 0.6) is 0 Å². The maximum Gasteiger partial charge on any atom is 0.410 e. The molecule has 0 aliphatic carbocycles. The number of hydrogen-bond donors (Lipinski definition) is 1. The van der Waals surface area contributed by atoms with Crippen molar-refractivity contribution in [2.75, 3.05) is 19.6 Å². The van der Waals surface area contributed by atoms with Crippen LogP contribution in [-0.2, 0) is 22.7 Å². The first-order chi connectivity index (χ1) is 13.7. The van der Waals surface area contributed by atoms with Crippen LogP contribution in [-0.4, -0.2) is 36.7 Å². The van der Waals surface area contributed by atoms with E-state index in [1.165, 1.54) is 0 Å². The predicted octanol–water partition coefficient (Wildman–Crippen LogP) is 3.96. The van der Waals surface area contributed by atoms with Crippen LogP contribution in [0.4, 0.5) is 9.59 Å². The van der Waals surface area contributed by atoms with Crippen molar-refractivity contribution in [3.8, 4) is 0 Å². The zero-order valence-electron chi connectivity index (χ0n) is 15.9. The zero-order valence-corrected chi connectivity index (χ0v) is 15.9. The molecule has 6 nitrogen and oxygen atoms in total. The van der Waals surface area contributed by atoms with Crippen molar-refractivity contribution in [2.24, 2.45) is 5.92 Å². The van der Waals surface area contributed by atoms with E-state index in [0.29, 0.717) is 25.6 Å². The lowest BCUT2D eigenvalue weighted by Gasteiger charge is -2.16. The van der Waals surface area contributed by atoms with Gasteiger partial charge in [-0.25, -0.2) is 9.59 Å². The van der Waals surface area contributed by atoms with Gasteiger partial charge in [0.15, 0.2) is 0 Å². The van der Waals surface area contributed by atoms with Crippen molar-refractivity contribution in [3.05, 3.63) is 71.8 Å². The summed E-state index contributed by atoms with van der Waals surface area (Å²) in [6, 6.07) is 19.2. The van der Waals surface area contributed by atoms with Crippen LogP contribution >= 0.6 is 0 Å². The summed E-state index contributed by atoms with van der Waals surface area (Å²) in [5.41, 5.74) is 1.93. The molecule has 28 heavy (non-hydrogen) atoms. The Balaban J connectivity index is 1.29. The van der Waals surface area contributed by atoms with Crippen molar-refractivity contribution >= 4 is 12.2 Å². The molecule has 0 spiro atoms. The number of amides is 2. The van der Waals surface area contributed by atoms with Crippen LogP contribution in [0.15, 0.2) is 60.7 Å². The highest BCUT2D eigenvalue weighted by molar-refractivity contribution is 5.68. The molecule has 6 heteroatoms. The molecule has 1 N–H and O–H groups in total. The number of hydrogen-bond acceptors (Lipinski definition) is 4. The summed E-state index contributed by atoms with van der Waals surface area (Å²) >= 11 is 0. The van der Waals surface area contributed by atoms with Gasteiger partial charge in [0.2, 0.25) is 0 Å². The first-order valence-corrected chi connectivity index (χ1v) is 9.61. The fraction of sp³-hybridized carbons (Fsp3) is 0.364. The Morgan fingerprint density at radius 2 is 1.54 bits per heavy atom. The lowest BCUT2D eigenvalue weighted by Crippen LogP contribution is -2.30. The van der Waals surface area contributed by atoms with E-state index >= 15 is 0 Å². The van der Waals surface area contributed by atoms with Gasteiger partial charge in [0.25, 0.3) is 0 Å². The molecule has 2 aromatic rings. The van der Waals surface area contributed by atoms with Gasteiger partial charge in [-0.2, -0.15) is 0 Å². The van der Waals surface area contributed by atoms with Crippen LogP contribution in [0, 0.1) is 5.92 Å². The minimum absolute atomic E-state index is 0.261. The van der Waals surface area contributed by atoms with Gasteiger partial charge in [-0.15, -0.1) is 0 Å². The molecule has 1 saturated heterocycles. The van der Waals surface area contributed by atoms with Gasteiger partial charge in [-0.1, -0.05) is 60.7 Å². The molecule has 2 aromatic carbocycles. The number of ether oxygens (including phenoxy) is 2. The van der Waals surface area contributed by atoms with Crippen molar-refractivity contribution in [1.29, 1.82) is 0 Å². The molecule has 1 atom stereocenters. The van der Waals surface area contributed by atoms with Gasteiger partial charge in [0.05, 0.1) is 0 Å². The average Bonchev–Trinajstić information content (AvgIpc) is 3.21. The molecule has 0 bridgehead atoms. The minimum atomic E-state index is -0.416. The monoisotopic (exact) mass is 382 g/mol. The molecule has 0 radical (unpaired) electrons. The maximum absolute atomic E-state index is 12.2. The minimum Gasteiger partial charge on any atom is -0.445 e. The van der Waals surface area contributed by atoms with Crippen molar-refractivity contribution < 1.29 is 19.1 Å². The van der Waals surface area contributed by atoms with E-state index in [9.17, 15) is 9.59 Å². The average molecular weight is 382 g/mol. The molecule has 148 valence electrons. The number of alkyl carbamates (subject to hydrolysis) is 1. The quantitative estimate of drug-likeness (QED) is 0.787. The van der Waals surface area contributed by atoms with Gasteiger partial charge in [-0.05, 0) is 29.9 Å². The van der Waals surface area contributed by atoms with E-state index in [0.717, 1.165) is 24.0 Å². The number of benzene rings is 2. The third-order valence-corrected chi connectivity index (χ3v) is 4.78. The van der Waals surface area contributed by atoms with Gasteiger partial charge in [-0.3, -0.25) is 0 Å². The van der Waals surface area contributed by atoms with Gasteiger partial charge >= 0.3 is 12.2 Å². The summed E-state index contributed by atoms with van der Waals surface area (Å²) in [6.45, 7) is 2.43. The second kappa shape index (κ2) is 10.3. The number of carbonyl (C=O) groups is 2. The van der Waals surface area contributed by atoms with Crippen LogP contribution in [0.2, 0.25) is 0 Å². The number of rotatable bonds is 7. The van der Waals surface area contributed by atoms with Crippen molar-refractivity contribution in [3.63, 3.8) is 0 Å². The van der Waals surface area contributed by atoms with Gasteiger partial charge in [0, 0.05) is 19.6 Å². The Hall–Kier alpha value is -3.02. The highest BCUT2D eigenvalue weighted by atomic mass is 16.6. The van der Waals surface area contributed by atoms with Crippen molar-refractivity contribution in [1.82, 2.24) is 10.2 Å². The molecule has 1 aliphatic heterocycles. The molecule has 1 heterocycles. The molecular weight excluding hydrogens is 356 g/mol. The van der Waals surface area contributed by atoms with E-state index in [4.69, 9.17) is 9.47 Å². The Bertz CT molecular complexity index is 752. The van der Waals surface area contributed by atoms with E-state index in [-0.39, 0.29) is 19.3 Å². The number of nitrogens with one attached hydrogen (secondary N) is 1. The molecule has 2 amide bonds. The Kier molecular flexibility index (Phi) is 7.29. The Labute approximate surface area is 165 Å². The highest BCUT2D eigenvalue weighted by Crippen LogP contribution is 2.20. The molecular formula is C22H26N2O4. The second-order valence-corrected chi connectivity index (χ2v) is 6.92. The molecule has 3 rings (SSSR count). The Morgan fingerprint density at radius 1 is 0.929 bits per heavy atom. The smallest absolute Gasteiger partial charge is 0.410 e. The molecule has 0 saturated carbocycles. The summed E-state index contributed by atoms with van der Waals surface area (Å²) in [6.07, 6.45) is 1.03. The van der Waals surface area contributed by atoms with Crippen LogP contribution in [0.25, 0.3) is 0 Å². The van der Waals surface area contributed by atoms with E-state index < -0.39 is 6.09 Å². The summed E-state index contributed by atoms with van der Waals surface area (Å²) in [7, 11) is 0. The SMILES string of the molecule is O=C(NCCC1CCN(C(=O)OCc2ccccc2)C1)OCc1ccccc1. The largest absolute Gasteiger partial charge is 0.445 e. The normalized spacial score (nSPS) is 15.9. The number of nitrogens with zero attached hydrogens (tertiary/aromatic N) is 1. The van der Waals surface area contributed by atoms with Crippen LogP contribution in [0.1, 0.15) is 24.0 Å². The topological polar surface area (TPSA) is 67.9 Å². The van der Waals surface area contributed by atoms with E-state index in [1.807, 2.05) is 60.7 Å². The molecule has 1 aliphatic rings. The first kappa shape index (κ1) is 19.7. The van der Waals surface area contributed by atoms with E-state index in [2.05, 4.69) is 5.32 Å². The number of likely N-dealkylation sites (tertiary alicyclic amines) is 1. The number of carbonyl (C=O) groups excluding carboxylic acids is 2. The molecule has 1 fully saturated rings. The zero-order chi connectivity index (χ0) is 19.6. The maximum atomic E-state index is 12.2. The first-order valence-electron chi connectivity index (χ1n) is 9.61. The van der Waals surface area contributed by atoms with Crippen LogP contribution in [0.3, 0.4) is 0 Å². The fourth-order valence-corrected chi connectivity index (χ4v) is 3.20. The van der Waals surface area contributed by atoms with Gasteiger partial charge in [0.1, 0.15) is 13.2 Å². The Morgan fingerprint density at radius 3 is 2.18 bits per heavy atom. The lowest BCUT2D eigenvalue weighted by molar-refractivity contribution is 0.103. The summed E-state index contributed by atoms with van der Waals surface area (Å²) in [5, 5.41) is 2.77. The molecule has 0 aromatic heterocycles. The highest BCUT2D eigenvalue weighted by Gasteiger charge is 2.27. The second-order valence-electron chi connectivity index (χ2n) is 6.92. The van der Waals surface area contributed by atoms with Crippen molar-refractivity contribution in [2.45, 2.75) is 26.1 Å². The summed E-state index contributed by atoms with van der Waals surface area (Å²) < 4.78 is 10.6. The third kappa shape index (κ3) is 6.30. The lowest BCUT2D eigenvalue weighted by atomic mass is 10.1. The van der Waals surface area contributed by atoms with Crippen LogP contribution < -0.4 is 5.32 Å². The van der Waals surface area contributed by atoms with Gasteiger partial charge < -0.3 is 19.7 Å². The summed E-state index contributed by atoms with van der Waals surface area (Å²) in [5.74, 6) is 0.360. The standard InChI is InChI=1S/C22H26N2O4/c25-21(27-16-19-7-3-1-4-8-19)23-13-11-18-12-14-24(15-18)22(26)28-17-20-9-5-2-6-10-20/h1-10,18H,11-17H2,(H,23,25). The molecule has 1 unspecified atom stereocenters. The summed E-state index contributed by atoms with van der Waals surface area (Å²) in [4.78, 5) is 25.7. The fourth-order valence-electron chi connectivity index (χ4n) is 3.20. The third-order valence-electron chi connectivity index (χ3n) is 4.78. The predicted molar refractivity (Wildman–Crippen MR) is 106 cm³/mol.